The van der Waals surface area contributed by atoms with Crippen molar-refractivity contribution in [2.45, 2.75) is 31.7 Å². The van der Waals surface area contributed by atoms with Gasteiger partial charge in [-0.05, 0) is 35.6 Å². The number of ether oxygens (including phenoxy) is 2. The van der Waals surface area contributed by atoms with Gasteiger partial charge < -0.3 is 14.0 Å². The molecular formula is C21H23N3O2S. The zero-order chi connectivity index (χ0) is 18.3. The van der Waals surface area contributed by atoms with Crippen molar-refractivity contribution >= 4 is 11.3 Å². The topological polar surface area (TPSA) is 39.5 Å². The molecule has 1 fully saturated rings. The number of fused-ring (bicyclic) bond motifs is 1. The number of imidazole rings is 1. The second-order valence-corrected chi connectivity index (χ2v) is 8.22. The molecule has 3 aromatic rings. The van der Waals surface area contributed by atoms with Gasteiger partial charge in [-0.15, -0.1) is 0 Å². The predicted molar refractivity (Wildman–Crippen MR) is 106 cm³/mol. The zero-order valence-electron chi connectivity index (χ0n) is 15.4. The summed E-state index contributed by atoms with van der Waals surface area (Å²) < 4.78 is 14.0. The van der Waals surface area contributed by atoms with E-state index in [1.807, 2.05) is 18.3 Å². The highest BCUT2D eigenvalue weighted by Crippen LogP contribution is 2.36. The van der Waals surface area contributed by atoms with Gasteiger partial charge in [0.25, 0.3) is 0 Å². The number of hydrogen-bond acceptors (Lipinski definition) is 5. The van der Waals surface area contributed by atoms with E-state index in [1.165, 1.54) is 16.8 Å². The standard InChI is InChI=1S/C21H23N3O2S/c1-25-18-4-2-16(3-5-18)11-23-8-7-21(14-23)15-24-19(17-6-9-27-13-17)10-22-20(24)12-26-21/h2-6,9-10,13H,7-8,11-12,14-15H2,1H3/t21-/m1/s1. The molecule has 0 bridgehead atoms. The largest absolute Gasteiger partial charge is 0.497 e. The first kappa shape index (κ1) is 17.0. The van der Waals surface area contributed by atoms with Crippen molar-refractivity contribution in [3.8, 4) is 17.0 Å². The molecule has 0 unspecified atom stereocenters. The van der Waals surface area contributed by atoms with Gasteiger partial charge in [0.1, 0.15) is 23.8 Å². The Kier molecular flexibility index (Phi) is 4.27. The van der Waals surface area contributed by atoms with E-state index >= 15 is 0 Å². The van der Waals surface area contributed by atoms with Gasteiger partial charge in [-0.3, -0.25) is 4.90 Å². The highest BCUT2D eigenvalue weighted by atomic mass is 32.1. The molecule has 1 spiro atoms. The Labute approximate surface area is 163 Å². The van der Waals surface area contributed by atoms with Crippen LogP contribution in [0.1, 0.15) is 17.8 Å². The zero-order valence-corrected chi connectivity index (χ0v) is 16.2. The summed E-state index contributed by atoms with van der Waals surface area (Å²) in [5, 5.41) is 4.31. The minimum atomic E-state index is -0.106. The molecule has 2 aromatic heterocycles. The number of rotatable bonds is 4. The second kappa shape index (κ2) is 6.78. The van der Waals surface area contributed by atoms with E-state index in [0.29, 0.717) is 6.61 Å². The van der Waals surface area contributed by atoms with Crippen molar-refractivity contribution < 1.29 is 9.47 Å². The smallest absolute Gasteiger partial charge is 0.135 e. The quantitative estimate of drug-likeness (QED) is 0.689. The van der Waals surface area contributed by atoms with Crippen LogP contribution in [0.5, 0.6) is 5.75 Å². The van der Waals surface area contributed by atoms with Crippen molar-refractivity contribution in [3.05, 3.63) is 58.7 Å². The van der Waals surface area contributed by atoms with E-state index in [2.05, 4.69) is 43.4 Å². The lowest BCUT2D eigenvalue weighted by Gasteiger charge is -2.35. The van der Waals surface area contributed by atoms with Crippen molar-refractivity contribution in [1.29, 1.82) is 0 Å². The van der Waals surface area contributed by atoms with Crippen LogP contribution in [0, 0.1) is 0 Å². The van der Waals surface area contributed by atoms with Gasteiger partial charge in [0, 0.05) is 30.6 Å². The van der Waals surface area contributed by atoms with Gasteiger partial charge in [-0.1, -0.05) is 12.1 Å². The van der Waals surface area contributed by atoms with E-state index < -0.39 is 0 Å². The first-order valence-electron chi connectivity index (χ1n) is 9.31. The van der Waals surface area contributed by atoms with Crippen LogP contribution in [0.4, 0.5) is 0 Å². The first-order chi connectivity index (χ1) is 13.2. The molecule has 0 N–H and O–H groups in total. The number of aromatic nitrogens is 2. The van der Waals surface area contributed by atoms with Crippen LogP contribution in [0.15, 0.2) is 47.3 Å². The molecule has 1 aromatic carbocycles. The summed E-state index contributed by atoms with van der Waals surface area (Å²) in [6, 6.07) is 10.5. The van der Waals surface area contributed by atoms with Gasteiger partial charge in [0.15, 0.2) is 0 Å². The summed E-state index contributed by atoms with van der Waals surface area (Å²) in [4.78, 5) is 7.08. The van der Waals surface area contributed by atoms with Crippen LogP contribution in [-0.2, 0) is 24.4 Å². The van der Waals surface area contributed by atoms with Crippen molar-refractivity contribution in [1.82, 2.24) is 14.5 Å². The van der Waals surface area contributed by atoms with Crippen molar-refractivity contribution in [2.24, 2.45) is 0 Å². The average Bonchev–Trinajstić information content (AvgIpc) is 3.43. The van der Waals surface area contributed by atoms with Gasteiger partial charge in [-0.2, -0.15) is 11.3 Å². The normalized spacial score (nSPS) is 22.3. The SMILES string of the molecule is COc1ccc(CN2CC[C@@]3(C2)Cn2c(-c4ccsc4)cnc2CO3)cc1. The van der Waals surface area contributed by atoms with Crippen LogP contribution < -0.4 is 4.74 Å². The van der Waals surface area contributed by atoms with Gasteiger partial charge >= 0.3 is 0 Å². The van der Waals surface area contributed by atoms with Gasteiger partial charge in [-0.25, -0.2) is 4.98 Å². The molecule has 2 aliphatic heterocycles. The third kappa shape index (κ3) is 3.18. The summed E-state index contributed by atoms with van der Waals surface area (Å²) in [5.41, 5.74) is 3.67. The van der Waals surface area contributed by atoms with Crippen LogP contribution in [0.25, 0.3) is 11.3 Å². The lowest BCUT2D eigenvalue weighted by atomic mass is 10.0. The highest BCUT2D eigenvalue weighted by molar-refractivity contribution is 7.08. The van der Waals surface area contributed by atoms with Gasteiger partial charge in [0.05, 0.1) is 25.5 Å². The maximum absolute atomic E-state index is 6.35. The van der Waals surface area contributed by atoms with Crippen LogP contribution in [0.2, 0.25) is 0 Å². The minimum Gasteiger partial charge on any atom is -0.497 e. The Morgan fingerprint density at radius 2 is 2.11 bits per heavy atom. The molecule has 2 aliphatic rings. The molecule has 5 rings (SSSR count). The molecular weight excluding hydrogens is 358 g/mol. The van der Waals surface area contributed by atoms with E-state index in [9.17, 15) is 0 Å². The van der Waals surface area contributed by atoms with E-state index in [0.717, 1.165) is 44.2 Å². The molecule has 27 heavy (non-hydrogen) atoms. The van der Waals surface area contributed by atoms with Crippen molar-refractivity contribution in [3.63, 3.8) is 0 Å². The van der Waals surface area contributed by atoms with Gasteiger partial charge in [0.2, 0.25) is 0 Å². The summed E-state index contributed by atoms with van der Waals surface area (Å²) >= 11 is 1.73. The maximum atomic E-state index is 6.35. The number of hydrogen-bond donors (Lipinski definition) is 0. The molecule has 0 amide bonds. The van der Waals surface area contributed by atoms with Crippen LogP contribution in [-0.4, -0.2) is 40.3 Å². The van der Waals surface area contributed by atoms with Crippen molar-refractivity contribution in [2.75, 3.05) is 20.2 Å². The average molecular weight is 382 g/mol. The Morgan fingerprint density at radius 3 is 2.89 bits per heavy atom. The molecule has 1 saturated heterocycles. The molecule has 0 saturated carbocycles. The van der Waals surface area contributed by atoms with E-state index in [4.69, 9.17) is 9.47 Å². The number of methoxy groups -OCH3 is 1. The summed E-state index contributed by atoms with van der Waals surface area (Å²) in [7, 11) is 1.70. The fourth-order valence-electron chi connectivity index (χ4n) is 4.20. The number of benzene rings is 1. The number of thiophene rings is 1. The Hall–Kier alpha value is -2.15. The molecule has 140 valence electrons. The molecule has 0 radical (unpaired) electrons. The Bertz CT molecular complexity index is 920. The second-order valence-electron chi connectivity index (χ2n) is 7.44. The van der Waals surface area contributed by atoms with Crippen LogP contribution >= 0.6 is 11.3 Å². The molecule has 0 aliphatic carbocycles. The maximum Gasteiger partial charge on any atom is 0.135 e. The number of nitrogens with zero attached hydrogens (tertiary/aromatic N) is 3. The fraction of sp³-hybridized carbons (Fsp3) is 0.381. The highest BCUT2D eigenvalue weighted by Gasteiger charge is 2.43. The lowest BCUT2D eigenvalue weighted by molar-refractivity contribution is -0.0821. The summed E-state index contributed by atoms with van der Waals surface area (Å²) in [6.45, 7) is 4.44. The third-order valence-electron chi connectivity index (χ3n) is 5.67. The predicted octanol–water partition coefficient (Wildman–Crippen LogP) is 3.80. The lowest BCUT2D eigenvalue weighted by Crippen LogP contribution is -2.44. The molecule has 1 atom stereocenters. The monoisotopic (exact) mass is 381 g/mol. The van der Waals surface area contributed by atoms with E-state index in [-0.39, 0.29) is 5.60 Å². The third-order valence-corrected chi connectivity index (χ3v) is 6.35. The first-order valence-corrected chi connectivity index (χ1v) is 10.3. The summed E-state index contributed by atoms with van der Waals surface area (Å²) in [5.74, 6) is 1.94. The molecule has 5 nitrogen and oxygen atoms in total. The van der Waals surface area contributed by atoms with E-state index in [1.54, 1.807) is 18.4 Å². The summed E-state index contributed by atoms with van der Waals surface area (Å²) in [6.07, 6.45) is 3.05. The molecule has 4 heterocycles. The fourth-order valence-corrected chi connectivity index (χ4v) is 4.85. The number of likely N-dealkylation sites (tertiary alicyclic amines) is 1. The Balaban J connectivity index is 1.31. The van der Waals surface area contributed by atoms with Crippen LogP contribution in [0.3, 0.4) is 0 Å². The minimum absolute atomic E-state index is 0.106. The Morgan fingerprint density at radius 1 is 1.22 bits per heavy atom. The molecule has 6 heteroatoms.